The maximum Gasteiger partial charge on any atom is 0.224 e. The number of carbonyl (C=O) groups is 1. The Morgan fingerprint density at radius 3 is 2.95 bits per heavy atom. The lowest BCUT2D eigenvalue weighted by molar-refractivity contribution is -0.120. The Balaban J connectivity index is 1.61. The van der Waals surface area contributed by atoms with Crippen molar-refractivity contribution in [1.29, 1.82) is 0 Å². The molecule has 0 unspecified atom stereocenters. The first kappa shape index (κ1) is 14.1. The maximum absolute atomic E-state index is 12.1. The van der Waals surface area contributed by atoms with Gasteiger partial charge < -0.3 is 14.8 Å². The zero-order valence-electron chi connectivity index (χ0n) is 12.3. The van der Waals surface area contributed by atoms with Gasteiger partial charge in [-0.1, -0.05) is 12.1 Å². The molecule has 1 fully saturated rings. The molecule has 21 heavy (non-hydrogen) atoms. The second kappa shape index (κ2) is 5.53. The molecule has 112 valence electrons. The van der Waals surface area contributed by atoms with E-state index in [1.54, 1.807) is 6.26 Å². The van der Waals surface area contributed by atoms with Gasteiger partial charge in [-0.25, -0.2) is 0 Å². The predicted octanol–water partition coefficient (Wildman–Crippen LogP) is 2.56. The third kappa shape index (κ3) is 3.10. The smallest absolute Gasteiger partial charge is 0.224 e. The molecular weight excluding hydrogens is 266 g/mol. The molecule has 3 rings (SSSR count). The Labute approximate surface area is 124 Å². The van der Waals surface area contributed by atoms with Gasteiger partial charge in [0.05, 0.1) is 12.7 Å². The van der Waals surface area contributed by atoms with Crippen LogP contribution < -0.4 is 5.32 Å². The van der Waals surface area contributed by atoms with Gasteiger partial charge in [0, 0.05) is 24.1 Å². The Morgan fingerprint density at radius 2 is 2.24 bits per heavy atom. The number of aliphatic hydroxyl groups is 1. The van der Waals surface area contributed by atoms with Crippen LogP contribution >= 0.6 is 0 Å². The molecule has 0 spiro atoms. The Morgan fingerprint density at radius 1 is 1.43 bits per heavy atom. The van der Waals surface area contributed by atoms with Crippen molar-refractivity contribution in [2.24, 2.45) is 5.41 Å². The van der Waals surface area contributed by atoms with Crippen LogP contribution in [0.4, 0.5) is 0 Å². The molecule has 1 amide bonds. The largest absolute Gasteiger partial charge is 0.464 e. The summed E-state index contributed by atoms with van der Waals surface area (Å²) in [5.41, 5.74) is 3.05. The van der Waals surface area contributed by atoms with E-state index in [-0.39, 0.29) is 17.9 Å². The van der Waals surface area contributed by atoms with Gasteiger partial charge in [0.2, 0.25) is 5.91 Å². The van der Waals surface area contributed by atoms with Crippen molar-refractivity contribution in [1.82, 2.24) is 5.32 Å². The Kier molecular flexibility index (Phi) is 3.72. The van der Waals surface area contributed by atoms with E-state index >= 15 is 0 Å². The van der Waals surface area contributed by atoms with E-state index in [4.69, 9.17) is 9.52 Å². The van der Waals surface area contributed by atoms with Gasteiger partial charge >= 0.3 is 0 Å². The minimum atomic E-state index is 0.0162. The Bertz CT molecular complexity index is 655. The highest BCUT2D eigenvalue weighted by atomic mass is 16.3. The van der Waals surface area contributed by atoms with Gasteiger partial charge in [0.15, 0.2) is 0 Å². The van der Waals surface area contributed by atoms with Gasteiger partial charge in [-0.15, -0.1) is 0 Å². The molecule has 0 atom stereocenters. The molecular formula is C17H21NO3. The molecule has 2 aromatic rings. The van der Waals surface area contributed by atoms with Gasteiger partial charge in [-0.2, -0.15) is 0 Å². The molecule has 1 saturated carbocycles. The summed E-state index contributed by atoms with van der Waals surface area (Å²) in [4.78, 5) is 12.1. The summed E-state index contributed by atoms with van der Waals surface area (Å²) in [5, 5.41) is 13.0. The SMILES string of the molecule is Cc1ccc2c(CC(=O)NCC3(CCO)CC3)coc2c1. The van der Waals surface area contributed by atoms with Crippen molar-refractivity contribution in [2.75, 3.05) is 13.2 Å². The third-order valence-electron chi connectivity index (χ3n) is 4.42. The lowest BCUT2D eigenvalue weighted by Gasteiger charge is -2.14. The van der Waals surface area contributed by atoms with Crippen LogP contribution in [-0.4, -0.2) is 24.2 Å². The molecule has 0 bridgehead atoms. The number of fused-ring (bicyclic) bond motifs is 1. The standard InChI is InChI=1S/C17H21NO3/c1-12-2-3-14-13(10-21-15(14)8-12)9-16(20)18-11-17(4-5-17)6-7-19/h2-3,8,10,19H,4-7,9,11H2,1H3,(H,18,20). The average Bonchev–Trinajstić information content (AvgIpc) is 3.12. The van der Waals surface area contributed by atoms with Crippen molar-refractivity contribution in [3.8, 4) is 0 Å². The van der Waals surface area contributed by atoms with Crippen molar-refractivity contribution in [2.45, 2.75) is 32.6 Å². The Hall–Kier alpha value is -1.81. The predicted molar refractivity (Wildman–Crippen MR) is 81.0 cm³/mol. The summed E-state index contributed by atoms with van der Waals surface area (Å²) in [7, 11) is 0. The maximum atomic E-state index is 12.1. The topological polar surface area (TPSA) is 62.5 Å². The monoisotopic (exact) mass is 287 g/mol. The van der Waals surface area contributed by atoms with E-state index in [9.17, 15) is 4.79 Å². The van der Waals surface area contributed by atoms with Crippen molar-refractivity contribution in [3.63, 3.8) is 0 Å². The first-order chi connectivity index (χ1) is 10.1. The van der Waals surface area contributed by atoms with Crippen molar-refractivity contribution in [3.05, 3.63) is 35.6 Å². The third-order valence-corrected chi connectivity index (χ3v) is 4.42. The normalized spacial score (nSPS) is 16.1. The lowest BCUT2D eigenvalue weighted by Crippen LogP contribution is -2.31. The summed E-state index contributed by atoms with van der Waals surface area (Å²) < 4.78 is 5.51. The van der Waals surface area contributed by atoms with Crippen molar-refractivity contribution >= 4 is 16.9 Å². The molecule has 1 heterocycles. The second-order valence-corrected chi connectivity index (χ2v) is 6.19. The molecule has 4 nitrogen and oxygen atoms in total. The number of carbonyl (C=O) groups excluding carboxylic acids is 1. The van der Waals surface area contributed by atoms with Crippen LogP contribution in [0.5, 0.6) is 0 Å². The molecule has 0 radical (unpaired) electrons. The zero-order valence-corrected chi connectivity index (χ0v) is 12.3. The fourth-order valence-corrected chi connectivity index (χ4v) is 2.78. The molecule has 0 aliphatic heterocycles. The highest BCUT2D eigenvalue weighted by molar-refractivity contribution is 5.87. The minimum absolute atomic E-state index is 0.0162. The number of furan rings is 1. The quantitative estimate of drug-likeness (QED) is 0.858. The number of rotatable bonds is 6. The van der Waals surface area contributed by atoms with E-state index in [0.717, 1.165) is 41.4 Å². The lowest BCUT2D eigenvalue weighted by atomic mass is 10.0. The number of hydrogen-bond donors (Lipinski definition) is 2. The molecule has 0 saturated heterocycles. The number of aliphatic hydroxyl groups excluding tert-OH is 1. The fourth-order valence-electron chi connectivity index (χ4n) is 2.78. The highest BCUT2D eigenvalue weighted by Gasteiger charge is 2.41. The molecule has 1 aliphatic rings. The van der Waals surface area contributed by atoms with E-state index < -0.39 is 0 Å². The minimum Gasteiger partial charge on any atom is -0.464 e. The molecule has 4 heteroatoms. The number of amides is 1. The molecule has 1 aliphatic carbocycles. The number of benzene rings is 1. The van der Waals surface area contributed by atoms with E-state index in [1.807, 2.05) is 25.1 Å². The number of hydrogen-bond acceptors (Lipinski definition) is 3. The summed E-state index contributed by atoms with van der Waals surface area (Å²) in [6.45, 7) is 2.88. The number of aryl methyl sites for hydroxylation is 1. The molecule has 1 aromatic carbocycles. The van der Waals surface area contributed by atoms with Crippen molar-refractivity contribution < 1.29 is 14.3 Å². The van der Waals surface area contributed by atoms with Gasteiger partial charge in [0.1, 0.15) is 5.58 Å². The summed E-state index contributed by atoms with van der Waals surface area (Å²) in [6, 6.07) is 6.02. The van der Waals surface area contributed by atoms with E-state index in [1.165, 1.54) is 0 Å². The highest BCUT2D eigenvalue weighted by Crippen LogP contribution is 2.47. The summed E-state index contributed by atoms with van der Waals surface area (Å²) >= 11 is 0. The van der Waals surface area contributed by atoms with Gasteiger partial charge in [-0.05, 0) is 43.2 Å². The summed E-state index contributed by atoms with van der Waals surface area (Å²) in [5.74, 6) is 0.0162. The van der Waals surface area contributed by atoms with Crippen LogP contribution in [0, 0.1) is 12.3 Å². The van der Waals surface area contributed by atoms with Gasteiger partial charge in [-0.3, -0.25) is 4.79 Å². The average molecular weight is 287 g/mol. The van der Waals surface area contributed by atoms with Crippen LogP contribution in [0.25, 0.3) is 11.0 Å². The van der Waals surface area contributed by atoms with E-state index in [0.29, 0.717) is 13.0 Å². The van der Waals surface area contributed by atoms with E-state index in [2.05, 4.69) is 5.32 Å². The number of nitrogens with one attached hydrogen (secondary N) is 1. The fraction of sp³-hybridized carbons (Fsp3) is 0.471. The second-order valence-electron chi connectivity index (χ2n) is 6.19. The zero-order chi connectivity index (χ0) is 14.9. The van der Waals surface area contributed by atoms with Crippen LogP contribution in [0.15, 0.2) is 28.9 Å². The molecule has 2 N–H and O–H groups in total. The first-order valence-corrected chi connectivity index (χ1v) is 7.46. The van der Waals surface area contributed by atoms with Gasteiger partial charge in [0.25, 0.3) is 0 Å². The molecule has 1 aromatic heterocycles. The summed E-state index contributed by atoms with van der Waals surface area (Å²) in [6.07, 6.45) is 4.99. The van der Waals surface area contributed by atoms with Crippen LogP contribution in [0.3, 0.4) is 0 Å². The van der Waals surface area contributed by atoms with Crippen LogP contribution in [0.1, 0.15) is 30.4 Å². The van der Waals surface area contributed by atoms with Crippen LogP contribution in [-0.2, 0) is 11.2 Å². The first-order valence-electron chi connectivity index (χ1n) is 7.46. The van der Waals surface area contributed by atoms with Crippen LogP contribution in [0.2, 0.25) is 0 Å².